The zero-order valence-electron chi connectivity index (χ0n) is 10.7. The van der Waals surface area contributed by atoms with Gasteiger partial charge in [0.25, 0.3) is 0 Å². The molecule has 0 aliphatic heterocycles. The van der Waals surface area contributed by atoms with Crippen LogP contribution in [-0.4, -0.2) is 29.1 Å². The maximum absolute atomic E-state index is 11.7. The van der Waals surface area contributed by atoms with Gasteiger partial charge in [0, 0.05) is 6.04 Å². The third-order valence-electron chi connectivity index (χ3n) is 2.61. The minimum absolute atomic E-state index is 0.0416. The third kappa shape index (κ3) is 7.74. The molecule has 1 amide bonds. The number of nitrogens with one attached hydrogen (secondary N) is 1. The van der Waals surface area contributed by atoms with Gasteiger partial charge < -0.3 is 16.2 Å². The van der Waals surface area contributed by atoms with Crippen molar-refractivity contribution < 1.29 is 14.7 Å². The molecular formula is C12H24N2O3. The number of nitrogens with two attached hydrogens (primary N) is 1. The van der Waals surface area contributed by atoms with E-state index in [1.807, 2.05) is 13.8 Å². The van der Waals surface area contributed by atoms with Gasteiger partial charge in [-0.1, -0.05) is 33.1 Å². The van der Waals surface area contributed by atoms with Crippen molar-refractivity contribution in [3.8, 4) is 0 Å². The van der Waals surface area contributed by atoms with E-state index in [-0.39, 0.29) is 18.4 Å². The van der Waals surface area contributed by atoms with Gasteiger partial charge in [0.15, 0.2) is 0 Å². The van der Waals surface area contributed by atoms with Crippen LogP contribution in [0, 0.1) is 0 Å². The second-order valence-electron chi connectivity index (χ2n) is 4.34. The normalized spacial score (nSPS) is 14.1. The van der Waals surface area contributed by atoms with Crippen LogP contribution in [0.3, 0.4) is 0 Å². The lowest BCUT2D eigenvalue weighted by Gasteiger charge is -2.19. The lowest BCUT2D eigenvalue weighted by molar-refractivity contribution is -0.137. The first-order valence-corrected chi connectivity index (χ1v) is 6.29. The van der Waals surface area contributed by atoms with E-state index in [0.717, 1.165) is 19.3 Å². The summed E-state index contributed by atoms with van der Waals surface area (Å²) in [7, 11) is 0. The van der Waals surface area contributed by atoms with Crippen LogP contribution < -0.4 is 11.1 Å². The van der Waals surface area contributed by atoms with Gasteiger partial charge in [-0.25, -0.2) is 0 Å². The first kappa shape index (κ1) is 15.9. The summed E-state index contributed by atoms with van der Waals surface area (Å²) >= 11 is 0. The van der Waals surface area contributed by atoms with Crippen LogP contribution in [0.25, 0.3) is 0 Å². The second kappa shape index (κ2) is 8.98. The van der Waals surface area contributed by atoms with Crippen LogP contribution in [0.2, 0.25) is 0 Å². The largest absolute Gasteiger partial charge is 0.481 e. The molecule has 2 unspecified atom stereocenters. The first-order valence-electron chi connectivity index (χ1n) is 6.29. The van der Waals surface area contributed by atoms with Crippen molar-refractivity contribution in [2.45, 2.75) is 64.5 Å². The molecule has 0 heterocycles. The lowest BCUT2D eigenvalue weighted by Crippen LogP contribution is -2.46. The van der Waals surface area contributed by atoms with E-state index in [2.05, 4.69) is 5.32 Å². The molecule has 5 heteroatoms. The molecule has 100 valence electrons. The fraction of sp³-hybridized carbons (Fsp3) is 0.833. The Balaban J connectivity index is 4.13. The number of hydrogen-bond acceptors (Lipinski definition) is 3. The molecule has 0 spiro atoms. The smallest absolute Gasteiger partial charge is 0.305 e. The van der Waals surface area contributed by atoms with E-state index in [1.54, 1.807) is 0 Å². The molecule has 2 atom stereocenters. The molecule has 0 rings (SSSR count). The molecule has 0 aromatic rings. The highest BCUT2D eigenvalue weighted by molar-refractivity contribution is 5.82. The van der Waals surface area contributed by atoms with Gasteiger partial charge in [-0.15, -0.1) is 0 Å². The number of carbonyl (C=O) groups is 2. The summed E-state index contributed by atoms with van der Waals surface area (Å²) in [6.07, 6.45) is 4.01. The van der Waals surface area contributed by atoms with E-state index in [0.29, 0.717) is 12.8 Å². The van der Waals surface area contributed by atoms with Crippen molar-refractivity contribution in [1.82, 2.24) is 5.32 Å². The Morgan fingerprint density at radius 2 is 1.88 bits per heavy atom. The minimum atomic E-state index is -0.897. The number of carbonyl (C=O) groups excluding carboxylic acids is 1. The van der Waals surface area contributed by atoms with Crippen LogP contribution in [-0.2, 0) is 9.59 Å². The molecular weight excluding hydrogens is 220 g/mol. The average Bonchev–Trinajstić information content (AvgIpc) is 2.25. The third-order valence-corrected chi connectivity index (χ3v) is 2.61. The molecule has 0 saturated heterocycles. The van der Waals surface area contributed by atoms with Crippen molar-refractivity contribution in [3.05, 3.63) is 0 Å². The predicted molar refractivity (Wildman–Crippen MR) is 66.6 cm³/mol. The molecule has 5 nitrogen and oxygen atoms in total. The summed E-state index contributed by atoms with van der Waals surface area (Å²) in [5, 5.41) is 11.4. The molecule has 0 fully saturated rings. The molecule has 0 aromatic carbocycles. The quantitative estimate of drug-likeness (QED) is 0.569. The van der Waals surface area contributed by atoms with Crippen molar-refractivity contribution >= 4 is 11.9 Å². The molecule has 0 aliphatic carbocycles. The number of rotatable bonds is 9. The van der Waals surface area contributed by atoms with Crippen LogP contribution >= 0.6 is 0 Å². The van der Waals surface area contributed by atoms with Crippen LogP contribution in [0.5, 0.6) is 0 Å². The first-order chi connectivity index (χ1) is 8.01. The number of unbranched alkanes of at least 4 members (excludes halogenated alkanes) is 1. The number of carboxylic acids is 1. The zero-order valence-corrected chi connectivity index (χ0v) is 10.7. The Bertz CT molecular complexity index is 244. The number of hydrogen-bond donors (Lipinski definition) is 3. The summed E-state index contributed by atoms with van der Waals surface area (Å²) in [4.78, 5) is 22.3. The highest BCUT2D eigenvalue weighted by Crippen LogP contribution is 2.04. The van der Waals surface area contributed by atoms with Gasteiger partial charge in [-0.05, 0) is 12.8 Å². The van der Waals surface area contributed by atoms with Crippen molar-refractivity contribution in [2.75, 3.05) is 0 Å². The van der Waals surface area contributed by atoms with E-state index in [9.17, 15) is 9.59 Å². The van der Waals surface area contributed by atoms with Gasteiger partial charge >= 0.3 is 5.97 Å². The van der Waals surface area contributed by atoms with E-state index in [1.165, 1.54) is 0 Å². The van der Waals surface area contributed by atoms with Crippen molar-refractivity contribution in [1.29, 1.82) is 0 Å². The van der Waals surface area contributed by atoms with Crippen molar-refractivity contribution in [3.63, 3.8) is 0 Å². The highest BCUT2D eigenvalue weighted by atomic mass is 16.4. The Labute approximate surface area is 103 Å². The summed E-state index contributed by atoms with van der Waals surface area (Å²) in [6, 6.07) is -0.833. The Kier molecular flexibility index (Phi) is 8.40. The maximum Gasteiger partial charge on any atom is 0.305 e. The van der Waals surface area contributed by atoms with E-state index < -0.39 is 12.0 Å². The van der Waals surface area contributed by atoms with Crippen LogP contribution in [0.4, 0.5) is 0 Å². The monoisotopic (exact) mass is 244 g/mol. The molecule has 0 aliphatic rings. The molecule has 0 aromatic heterocycles. The standard InChI is InChI=1S/C12H24N2O3/c1-3-5-7-10(13)12(17)14-9(6-4-2)8-11(15)16/h9-10H,3-8,13H2,1-2H3,(H,14,17)(H,15,16). The van der Waals surface area contributed by atoms with Gasteiger partial charge in [0.2, 0.25) is 5.91 Å². The molecule has 0 bridgehead atoms. The fourth-order valence-corrected chi connectivity index (χ4v) is 1.65. The summed E-state index contributed by atoms with van der Waals surface area (Å²) < 4.78 is 0. The van der Waals surface area contributed by atoms with Gasteiger partial charge in [-0.2, -0.15) is 0 Å². The Morgan fingerprint density at radius 1 is 1.24 bits per heavy atom. The minimum Gasteiger partial charge on any atom is -0.481 e. The SMILES string of the molecule is CCCCC(N)C(=O)NC(CCC)CC(=O)O. The average molecular weight is 244 g/mol. The van der Waals surface area contributed by atoms with Crippen LogP contribution in [0.15, 0.2) is 0 Å². The van der Waals surface area contributed by atoms with E-state index in [4.69, 9.17) is 10.8 Å². The summed E-state index contributed by atoms with van der Waals surface area (Å²) in [5.41, 5.74) is 5.72. The van der Waals surface area contributed by atoms with Gasteiger partial charge in [0.1, 0.15) is 0 Å². The van der Waals surface area contributed by atoms with Crippen molar-refractivity contribution in [2.24, 2.45) is 5.73 Å². The summed E-state index contributed by atoms with van der Waals surface area (Å²) in [5.74, 6) is -1.14. The topological polar surface area (TPSA) is 92.4 Å². The highest BCUT2D eigenvalue weighted by Gasteiger charge is 2.19. The zero-order chi connectivity index (χ0) is 13.3. The lowest BCUT2D eigenvalue weighted by atomic mass is 10.1. The Morgan fingerprint density at radius 3 is 2.35 bits per heavy atom. The van der Waals surface area contributed by atoms with E-state index >= 15 is 0 Å². The number of carboxylic acid groups (broad SMARTS) is 1. The fourth-order valence-electron chi connectivity index (χ4n) is 1.65. The molecule has 0 saturated carbocycles. The molecule has 0 radical (unpaired) electrons. The second-order valence-corrected chi connectivity index (χ2v) is 4.34. The maximum atomic E-state index is 11.7. The molecule has 4 N–H and O–H groups in total. The van der Waals surface area contributed by atoms with Gasteiger partial charge in [0.05, 0.1) is 12.5 Å². The summed E-state index contributed by atoms with van der Waals surface area (Å²) in [6.45, 7) is 3.99. The number of amides is 1. The van der Waals surface area contributed by atoms with Crippen LogP contribution in [0.1, 0.15) is 52.4 Å². The number of aliphatic carboxylic acids is 1. The Hall–Kier alpha value is -1.10. The van der Waals surface area contributed by atoms with Gasteiger partial charge in [-0.3, -0.25) is 9.59 Å². The molecule has 17 heavy (non-hydrogen) atoms. The predicted octanol–water partition coefficient (Wildman–Crippen LogP) is 1.26.